The zero-order chi connectivity index (χ0) is 33.1. The van der Waals surface area contributed by atoms with Crippen LogP contribution < -0.4 is 11.1 Å². The first-order valence-electron chi connectivity index (χ1n) is 17.0. The van der Waals surface area contributed by atoms with Crippen LogP contribution in [-0.2, 0) is 19.1 Å². The third-order valence-corrected chi connectivity index (χ3v) is 8.36. The molecule has 1 saturated heterocycles. The van der Waals surface area contributed by atoms with E-state index in [1.165, 1.54) is 57.8 Å². The number of carbonyl (C=O) groups excluding carboxylic acids is 4. The summed E-state index contributed by atoms with van der Waals surface area (Å²) in [4.78, 5) is 53.1. The monoisotopic (exact) mass is 633 g/mol. The third-order valence-electron chi connectivity index (χ3n) is 8.36. The second kappa shape index (κ2) is 20.2. The number of rotatable bonds is 20. The van der Waals surface area contributed by atoms with Crippen LogP contribution in [0.2, 0.25) is 0 Å². The van der Waals surface area contributed by atoms with Crippen LogP contribution in [0.25, 0.3) is 11.1 Å². The fraction of sp³-hybridized carbons (Fsp3) is 0.541. The molecule has 0 aliphatic carbocycles. The highest BCUT2D eigenvalue weighted by Crippen LogP contribution is 2.25. The maximum atomic E-state index is 13.0. The average molecular weight is 634 g/mol. The van der Waals surface area contributed by atoms with E-state index in [0.717, 1.165) is 30.4 Å². The summed E-state index contributed by atoms with van der Waals surface area (Å²) >= 11 is 0. The number of amides is 2. The van der Waals surface area contributed by atoms with Crippen molar-refractivity contribution in [1.29, 1.82) is 0 Å². The average Bonchev–Trinajstić information content (AvgIpc) is 3.42. The number of nitrogens with one attached hydrogen (secondary N) is 1. The summed E-state index contributed by atoms with van der Waals surface area (Å²) in [5.41, 5.74) is 8.92. The van der Waals surface area contributed by atoms with Crippen LogP contribution in [0, 0.1) is 5.92 Å². The number of unbranched alkanes of at least 4 members (excludes halogenated alkanes) is 11. The van der Waals surface area contributed by atoms with Crippen LogP contribution in [0.5, 0.6) is 0 Å². The summed E-state index contributed by atoms with van der Waals surface area (Å²) in [5, 5.41) is 2.71. The number of nitrogens with two attached hydrogens (primary N) is 1. The molecular weight excluding hydrogens is 582 g/mol. The highest BCUT2D eigenvalue weighted by molar-refractivity contribution is 6.05. The van der Waals surface area contributed by atoms with Crippen molar-refractivity contribution in [1.82, 2.24) is 5.32 Å². The summed E-state index contributed by atoms with van der Waals surface area (Å²) in [7, 11) is 0. The van der Waals surface area contributed by atoms with Gasteiger partial charge in [-0.2, -0.15) is 4.99 Å². The van der Waals surface area contributed by atoms with E-state index >= 15 is 0 Å². The van der Waals surface area contributed by atoms with Gasteiger partial charge in [0.05, 0.1) is 31.6 Å². The van der Waals surface area contributed by atoms with Gasteiger partial charge in [0.15, 0.2) is 5.78 Å². The topological polar surface area (TPSA) is 137 Å². The van der Waals surface area contributed by atoms with E-state index in [9.17, 15) is 19.2 Å². The maximum absolute atomic E-state index is 13.0. The van der Waals surface area contributed by atoms with Gasteiger partial charge in [-0.1, -0.05) is 126 Å². The summed E-state index contributed by atoms with van der Waals surface area (Å²) < 4.78 is 10.2. The molecule has 2 aromatic carbocycles. The minimum atomic E-state index is -0.685. The Morgan fingerprint density at radius 2 is 1.28 bits per heavy atom. The summed E-state index contributed by atoms with van der Waals surface area (Å²) in [5.74, 6) is -1.42. The van der Waals surface area contributed by atoms with E-state index in [1.54, 1.807) is 31.2 Å². The highest BCUT2D eigenvalue weighted by Gasteiger charge is 2.37. The molecular formula is C37H51N3O6. The van der Waals surface area contributed by atoms with Gasteiger partial charge >= 0.3 is 12.1 Å². The van der Waals surface area contributed by atoms with Crippen molar-refractivity contribution in [2.75, 3.05) is 13.2 Å². The van der Waals surface area contributed by atoms with Crippen LogP contribution >= 0.6 is 0 Å². The van der Waals surface area contributed by atoms with Gasteiger partial charge in [0.25, 0.3) is 0 Å². The normalized spacial score (nSPS) is 16.2. The van der Waals surface area contributed by atoms with Crippen molar-refractivity contribution in [2.45, 2.75) is 110 Å². The molecule has 250 valence electrons. The molecule has 0 spiro atoms. The number of hydrogen-bond donors (Lipinski definition) is 2. The SMILES string of the molecule is CCCCCCCCCCCCCCOC(=O)N=C(N)c1ccc(-c2ccc(C(=O)C3CC(CC(=O)OCC)C(=O)N3)cc2)cc1. The molecule has 9 nitrogen and oxygen atoms in total. The molecule has 3 N–H and O–H groups in total. The molecule has 2 atom stereocenters. The van der Waals surface area contributed by atoms with Crippen molar-refractivity contribution < 1.29 is 28.7 Å². The van der Waals surface area contributed by atoms with E-state index in [4.69, 9.17) is 15.2 Å². The Morgan fingerprint density at radius 1 is 0.761 bits per heavy atom. The van der Waals surface area contributed by atoms with Gasteiger partial charge in [-0.25, -0.2) is 4.79 Å². The Bertz CT molecular complexity index is 1290. The Labute approximate surface area is 273 Å². The van der Waals surface area contributed by atoms with Crippen molar-refractivity contribution in [3.63, 3.8) is 0 Å². The molecule has 2 aromatic rings. The van der Waals surface area contributed by atoms with E-state index in [2.05, 4.69) is 17.2 Å². The molecule has 1 aliphatic rings. The van der Waals surface area contributed by atoms with Crippen molar-refractivity contribution >= 4 is 29.6 Å². The maximum Gasteiger partial charge on any atom is 0.435 e. The minimum absolute atomic E-state index is 0.0335. The molecule has 46 heavy (non-hydrogen) atoms. The molecule has 1 aliphatic heterocycles. The molecule has 0 bridgehead atoms. The van der Waals surface area contributed by atoms with Crippen LogP contribution in [0.3, 0.4) is 0 Å². The van der Waals surface area contributed by atoms with Gasteiger partial charge in [-0.15, -0.1) is 0 Å². The first-order valence-corrected chi connectivity index (χ1v) is 17.0. The van der Waals surface area contributed by atoms with Crippen molar-refractivity contribution in [3.05, 3.63) is 59.7 Å². The number of nitrogens with zero attached hydrogens (tertiary/aromatic N) is 1. The van der Waals surface area contributed by atoms with E-state index in [1.807, 2.05) is 24.3 Å². The Morgan fingerprint density at radius 3 is 1.83 bits per heavy atom. The van der Waals surface area contributed by atoms with E-state index in [-0.39, 0.29) is 37.0 Å². The molecule has 0 radical (unpaired) electrons. The van der Waals surface area contributed by atoms with Crippen molar-refractivity contribution in [3.8, 4) is 11.1 Å². The molecule has 0 saturated carbocycles. The van der Waals surface area contributed by atoms with Gasteiger partial charge in [-0.05, 0) is 30.9 Å². The van der Waals surface area contributed by atoms with Crippen LogP contribution in [0.15, 0.2) is 53.5 Å². The molecule has 9 heteroatoms. The molecule has 1 heterocycles. The zero-order valence-electron chi connectivity index (χ0n) is 27.6. The lowest BCUT2D eigenvalue weighted by atomic mass is 9.95. The molecule has 2 unspecified atom stereocenters. The summed E-state index contributed by atoms with van der Waals surface area (Å²) in [6.07, 6.45) is 14.5. The minimum Gasteiger partial charge on any atom is -0.466 e. The quantitative estimate of drug-likeness (QED) is 0.0505. The second-order valence-electron chi connectivity index (χ2n) is 12.0. The third kappa shape index (κ3) is 12.4. The Hall–Kier alpha value is -4.01. The number of ketones is 1. The Balaban J connectivity index is 1.37. The highest BCUT2D eigenvalue weighted by atomic mass is 16.5. The smallest absolute Gasteiger partial charge is 0.435 e. The predicted octanol–water partition coefficient (Wildman–Crippen LogP) is 7.54. The number of ether oxygens (including phenoxy) is 2. The number of esters is 1. The van der Waals surface area contributed by atoms with Crippen LogP contribution in [0.4, 0.5) is 4.79 Å². The fourth-order valence-corrected chi connectivity index (χ4v) is 5.67. The van der Waals surface area contributed by atoms with Crippen molar-refractivity contribution in [2.24, 2.45) is 16.6 Å². The van der Waals surface area contributed by atoms with Crippen LogP contribution in [-0.4, -0.2) is 48.8 Å². The summed E-state index contributed by atoms with van der Waals surface area (Å²) in [6, 6.07) is 13.7. The standard InChI is InChI=1S/C37H51N3O6/c1-3-5-6-7-8-9-10-11-12-13-14-15-24-46-37(44)40-35(38)30-22-18-28(19-23-30)27-16-20-29(21-17-27)34(42)32-25-31(36(43)39-32)26-33(41)45-4-2/h16-23,31-32H,3-15,24-26H2,1-2H3,(H,39,43)(H2,38,40,44). The number of aliphatic imine (C=N–C) groups is 1. The largest absolute Gasteiger partial charge is 0.466 e. The zero-order valence-corrected chi connectivity index (χ0v) is 27.6. The van der Waals surface area contributed by atoms with Gasteiger partial charge in [-0.3, -0.25) is 14.4 Å². The summed E-state index contributed by atoms with van der Waals surface area (Å²) in [6.45, 7) is 4.54. The molecule has 0 aromatic heterocycles. The lowest BCUT2D eigenvalue weighted by Gasteiger charge is -2.10. The van der Waals surface area contributed by atoms with Gasteiger partial charge in [0.1, 0.15) is 5.84 Å². The van der Waals surface area contributed by atoms with E-state index < -0.39 is 24.0 Å². The number of amidine groups is 1. The van der Waals surface area contributed by atoms with Gasteiger partial charge in [0.2, 0.25) is 5.91 Å². The molecule has 1 fully saturated rings. The molecule has 3 rings (SSSR count). The number of hydrogen-bond acceptors (Lipinski definition) is 6. The lowest BCUT2D eigenvalue weighted by Crippen LogP contribution is -2.33. The molecule has 2 amide bonds. The lowest BCUT2D eigenvalue weighted by molar-refractivity contribution is -0.145. The fourth-order valence-electron chi connectivity index (χ4n) is 5.67. The first-order chi connectivity index (χ1) is 22.3. The van der Waals surface area contributed by atoms with Gasteiger partial charge in [0, 0.05) is 11.1 Å². The predicted molar refractivity (Wildman–Crippen MR) is 181 cm³/mol. The number of Topliss-reactive ketones (excluding diaryl/α,β-unsaturated/α-hetero) is 1. The van der Waals surface area contributed by atoms with Gasteiger partial charge < -0.3 is 20.5 Å². The Kier molecular flexibility index (Phi) is 16.0. The van der Waals surface area contributed by atoms with Crippen LogP contribution in [0.1, 0.15) is 120 Å². The van der Waals surface area contributed by atoms with E-state index in [0.29, 0.717) is 17.7 Å². The number of benzene rings is 2. The first kappa shape index (κ1) is 36.5. The second-order valence-corrected chi connectivity index (χ2v) is 12.0. The number of carbonyl (C=O) groups is 4.